The number of halogens is 1. The fourth-order valence-electron chi connectivity index (χ4n) is 1.56. The molecular weight excluding hydrogens is 157 g/mol. The number of hydrogen-bond donors (Lipinski definition) is 2. The molecule has 0 saturated heterocycles. The van der Waals surface area contributed by atoms with Crippen molar-refractivity contribution >= 4 is 0 Å². The lowest BCUT2D eigenvalue weighted by atomic mass is 9.90. The molecule has 3 N–H and O–H groups in total. The Hall–Kier alpha value is -0.150. The minimum absolute atomic E-state index is 0.0104. The summed E-state index contributed by atoms with van der Waals surface area (Å²) in [6.07, 6.45) is 4.41. The second kappa shape index (κ2) is 4.19. The first kappa shape index (κ1) is 9.93. The third kappa shape index (κ3) is 3.07. The monoisotopic (exact) mass is 175 g/mol. The van der Waals surface area contributed by atoms with Crippen molar-refractivity contribution in [2.24, 2.45) is 11.7 Å². The van der Waals surface area contributed by atoms with E-state index in [9.17, 15) is 4.39 Å². The number of hydrogen-bond acceptors (Lipinski definition) is 2. The summed E-state index contributed by atoms with van der Waals surface area (Å²) in [5.41, 5.74) is 5.40. The number of rotatable bonds is 6. The van der Waals surface area contributed by atoms with E-state index in [4.69, 9.17) is 10.8 Å². The summed E-state index contributed by atoms with van der Waals surface area (Å²) in [7, 11) is 0. The Bertz CT molecular complexity index is 138. The van der Waals surface area contributed by atoms with Gasteiger partial charge in [-0.2, -0.15) is 0 Å². The molecule has 0 unspecified atom stereocenters. The Kier molecular flexibility index (Phi) is 3.47. The van der Waals surface area contributed by atoms with Crippen molar-refractivity contribution in [1.29, 1.82) is 0 Å². The predicted octanol–water partition coefficient (Wildman–Crippen LogP) is 1.23. The summed E-state index contributed by atoms with van der Waals surface area (Å²) in [5, 5.41) is 9.04. The van der Waals surface area contributed by atoms with E-state index in [1.807, 2.05) is 0 Å². The van der Waals surface area contributed by atoms with Gasteiger partial charge >= 0.3 is 0 Å². The fraction of sp³-hybridized carbons (Fsp3) is 1.00. The Morgan fingerprint density at radius 1 is 1.50 bits per heavy atom. The molecule has 0 aromatic rings. The van der Waals surface area contributed by atoms with Crippen LogP contribution in [0, 0.1) is 5.92 Å². The summed E-state index contributed by atoms with van der Waals surface area (Å²) in [6, 6.07) is 0. The maximum Gasteiger partial charge on any atom is 0.0895 e. The van der Waals surface area contributed by atoms with Gasteiger partial charge in [-0.1, -0.05) is 12.8 Å². The molecule has 0 aromatic heterocycles. The average molecular weight is 175 g/mol. The topological polar surface area (TPSA) is 46.2 Å². The minimum Gasteiger partial charge on any atom is -0.394 e. The van der Waals surface area contributed by atoms with E-state index in [1.165, 1.54) is 12.8 Å². The van der Waals surface area contributed by atoms with Crippen LogP contribution in [0.3, 0.4) is 0 Å². The third-order valence-corrected chi connectivity index (χ3v) is 2.52. The Morgan fingerprint density at radius 3 is 2.58 bits per heavy atom. The molecule has 1 fully saturated rings. The molecule has 0 spiro atoms. The second-order valence-electron chi connectivity index (χ2n) is 3.96. The van der Waals surface area contributed by atoms with Gasteiger partial charge in [-0.15, -0.1) is 0 Å². The van der Waals surface area contributed by atoms with Gasteiger partial charge in [0.15, 0.2) is 0 Å². The SMILES string of the molecule is N[C@@](CO)(CCCF)CC1CC1. The summed E-state index contributed by atoms with van der Waals surface area (Å²) < 4.78 is 11.9. The minimum atomic E-state index is -0.507. The third-order valence-electron chi connectivity index (χ3n) is 2.52. The Balaban J connectivity index is 2.25. The highest BCUT2D eigenvalue weighted by Crippen LogP contribution is 2.37. The Labute approximate surface area is 73.0 Å². The second-order valence-corrected chi connectivity index (χ2v) is 3.96. The van der Waals surface area contributed by atoms with Crippen LogP contribution in [-0.2, 0) is 0 Å². The predicted molar refractivity (Wildman–Crippen MR) is 46.6 cm³/mol. The number of nitrogens with two attached hydrogens (primary N) is 1. The Morgan fingerprint density at radius 2 is 2.17 bits per heavy atom. The molecule has 0 bridgehead atoms. The molecule has 3 heteroatoms. The molecule has 72 valence electrons. The van der Waals surface area contributed by atoms with Crippen molar-refractivity contribution in [3.63, 3.8) is 0 Å². The highest BCUT2D eigenvalue weighted by Gasteiger charge is 2.32. The molecule has 12 heavy (non-hydrogen) atoms. The van der Waals surface area contributed by atoms with Crippen LogP contribution in [0.4, 0.5) is 4.39 Å². The number of alkyl halides is 1. The molecule has 0 heterocycles. The zero-order valence-corrected chi connectivity index (χ0v) is 7.43. The lowest BCUT2D eigenvalue weighted by Gasteiger charge is -2.26. The smallest absolute Gasteiger partial charge is 0.0895 e. The normalized spacial score (nSPS) is 22.2. The van der Waals surface area contributed by atoms with Crippen LogP contribution in [0.5, 0.6) is 0 Å². The van der Waals surface area contributed by atoms with E-state index in [0.29, 0.717) is 18.8 Å². The van der Waals surface area contributed by atoms with E-state index in [0.717, 1.165) is 6.42 Å². The number of aliphatic hydroxyl groups is 1. The first-order valence-electron chi connectivity index (χ1n) is 4.66. The summed E-state index contributed by atoms with van der Waals surface area (Å²) >= 11 is 0. The van der Waals surface area contributed by atoms with Crippen LogP contribution in [0.25, 0.3) is 0 Å². The first-order valence-corrected chi connectivity index (χ1v) is 4.66. The van der Waals surface area contributed by atoms with Gasteiger partial charge in [0, 0.05) is 5.54 Å². The molecule has 0 aromatic carbocycles. The van der Waals surface area contributed by atoms with E-state index in [-0.39, 0.29) is 13.3 Å². The lowest BCUT2D eigenvalue weighted by molar-refractivity contribution is 0.167. The van der Waals surface area contributed by atoms with Crippen LogP contribution in [0.2, 0.25) is 0 Å². The van der Waals surface area contributed by atoms with Crippen LogP contribution < -0.4 is 5.73 Å². The van der Waals surface area contributed by atoms with Crippen LogP contribution >= 0.6 is 0 Å². The molecule has 1 aliphatic carbocycles. The van der Waals surface area contributed by atoms with Crippen LogP contribution in [-0.4, -0.2) is 23.9 Å². The average Bonchev–Trinajstić information content (AvgIpc) is 2.85. The molecule has 0 aliphatic heterocycles. The quantitative estimate of drug-likeness (QED) is 0.637. The van der Waals surface area contributed by atoms with Gasteiger partial charge in [0.2, 0.25) is 0 Å². The van der Waals surface area contributed by atoms with Gasteiger partial charge in [0.1, 0.15) is 0 Å². The molecule has 1 saturated carbocycles. The molecular formula is C9H18FNO. The van der Waals surface area contributed by atoms with Crippen molar-refractivity contribution in [2.75, 3.05) is 13.3 Å². The van der Waals surface area contributed by atoms with Gasteiger partial charge in [-0.3, -0.25) is 4.39 Å². The standard InChI is InChI=1S/C9H18FNO/c10-5-1-4-9(11,7-12)6-8-2-3-8/h8,12H,1-7,11H2/t9-/m0/s1. The van der Waals surface area contributed by atoms with E-state index < -0.39 is 5.54 Å². The fourth-order valence-corrected chi connectivity index (χ4v) is 1.56. The maximum atomic E-state index is 11.9. The first-order chi connectivity index (χ1) is 5.70. The highest BCUT2D eigenvalue weighted by atomic mass is 19.1. The van der Waals surface area contributed by atoms with Crippen LogP contribution in [0.1, 0.15) is 32.1 Å². The van der Waals surface area contributed by atoms with E-state index in [1.54, 1.807) is 0 Å². The molecule has 0 radical (unpaired) electrons. The van der Waals surface area contributed by atoms with Gasteiger partial charge in [0.25, 0.3) is 0 Å². The van der Waals surface area contributed by atoms with Gasteiger partial charge in [0.05, 0.1) is 13.3 Å². The van der Waals surface area contributed by atoms with E-state index >= 15 is 0 Å². The van der Waals surface area contributed by atoms with Gasteiger partial charge in [-0.25, -0.2) is 0 Å². The number of aliphatic hydroxyl groups excluding tert-OH is 1. The van der Waals surface area contributed by atoms with Gasteiger partial charge < -0.3 is 10.8 Å². The van der Waals surface area contributed by atoms with Crippen molar-refractivity contribution in [1.82, 2.24) is 0 Å². The van der Waals surface area contributed by atoms with Crippen molar-refractivity contribution in [2.45, 2.75) is 37.6 Å². The summed E-state index contributed by atoms with van der Waals surface area (Å²) in [4.78, 5) is 0. The van der Waals surface area contributed by atoms with Crippen LogP contribution in [0.15, 0.2) is 0 Å². The van der Waals surface area contributed by atoms with Gasteiger partial charge in [-0.05, 0) is 25.2 Å². The molecule has 2 nitrogen and oxygen atoms in total. The summed E-state index contributed by atoms with van der Waals surface area (Å²) in [5.74, 6) is 0.696. The van der Waals surface area contributed by atoms with Crippen molar-refractivity contribution in [3.05, 3.63) is 0 Å². The largest absolute Gasteiger partial charge is 0.394 e. The molecule has 1 rings (SSSR count). The molecule has 1 aliphatic rings. The maximum absolute atomic E-state index is 11.9. The van der Waals surface area contributed by atoms with Crippen molar-refractivity contribution in [3.8, 4) is 0 Å². The zero-order chi connectivity index (χ0) is 9.03. The lowest BCUT2D eigenvalue weighted by Crippen LogP contribution is -2.44. The summed E-state index contributed by atoms with van der Waals surface area (Å²) in [6.45, 7) is -0.340. The van der Waals surface area contributed by atoms with Crippen molar-refractivity contribution < 1.29 is 9.50 Å². The molecule has 0 amide bonds. The highest BCUT2D eigenvalue weighted by molar-refractivity contribution is 4.90. The van der Waals surface area contributed by atoms with E-state index in [2.05, 4.69) is 0 Å². The molecule has 1 atom stereocenters. The zero-order valence-electron chi connectivity index (χ0n) is 7.43.